The first kappa shape index (κ1) is 13.2. The second kappa shape index (κ2) is 4.94. The van der Waals surface area contributed by atoms with Crippen molar-refractivity contribution in [3.63, 3.8) is 0 Å². The van der Waals surface area contributed by atoms with Gasteiger partial charge < -0.3 is 15.5 Å². The van der Waals surface area contributed by atoms with E-state index in [1.807, 2.05) is 19.2 Å². The first-order chi connectivity index (χ1) is 9.56. The maximum atomic E-state index is 6.08. The quantitative estimate of drug-likeness (QED) is 0.850. The van der Waals surface area contributed by atoms with Crippen LogP contribution in [0.4, 0.5) is 11.4 Å². The molecule has 1 aliphatic rings. The van der Waals surface area contributed by atoms with Crippen LogP contribution in [0.15, 0.2) is 24.4 Å². The lowest BCUT2D eigenvalue weighted by Gasteiger charge is -2.23. The molecule has 2 N–H and O–H groups in total. The molecule has 0 saturated carbocycles. The van der Waals surface area contributed by atoms with E-state index in [4.69, 9.17) is 5.73 Å². The van der Waals surface area contributed by atoms with Crippen LogP contribution in [0.3, 0.4) is 0 Å². The molecule has 0 aliphatic carbocycles. The van der Waals surface area contributed by atoms with Crippen molar-refractivity contribution < 1.29 is 0 Å². The first-order valence-electron chi connectivity index (χ1n) is 7.12. The highest BCUT2D eigenvalue weighted by Crippen LogP contribution is 2.33. The first-order valence-corrected chi connectivity index (χ1v) is 7.12. The fraction of sp³-hybridized carbons (Fsp3) is 0.438. The van der Waals surface area contributed by atoms with Crippen LogP contribution in [0, 0.1) is 6.92 Å². The topological polar surface area (TPSA) is 45.4 Å². The van der Waals surface area contributed by atoms with E-state index in [-0.39, 0.29) is 0 Å². The van der Waals surface area contributed by atoms with Gasteiger partial charge in [0, 0.05) is 53.2 Å². The van der Waals surface area contributed by atoms with E-state index in [2.05, 4.69) is 41.0 Å². The fourth-order valence-corrected chi connectivity index (χ4v) is 3.01. The molecule has 1 unspecified atom stereocenters. The molecule has 4 nitrogen and oxygen atoms in total. The zero-order chi connectivity index (χ0) is 14.3. The van der Waals surface area contributed by atoms with E-state index >= 15 is 0 Å². The monoisotopic (exact) mass is 270 g/mol. The normalized spacial score (nSPS) is 19.2. The number of nitrogens with zero attached hydrogens (tertiary/aromatic N) is 3. The molecule has 2 aromatic rings. The SMILES string of the molecule is Cc1cc2c(N3CCC(N(C)C)C3)ccc(N)c2cn1. The van der Waals surface area contributed by atoms with Gasteiger partial charge in [0.15, 0.2) is 0 Å². The molecule has 1 aliphatic heterocycles. The van der Waals surface area contributed by atoms with Gasteiger partial charge in [0.25, 0.3) is 0 Å². The summed E-state index contributed by atoms with van der Waals surface area (Å²) in [4.78, 5) is 9.15. The van der Waals surface area contributed by atoms with Crippen LogP contribution < -0.4 is 10.6 Å². The highest BCUT2D eigenvalue weighted by atomic mass is 15.2. The third kappa shape index (κ3) is 2.20. The van der Waals surface area contributed by atoms with Crippen LogP contribution in [-0.2, 0) is 0 Å². The van der Waals surface area contributed by atoms with Crippen molar-refractivity contribution in [3.05, 3.63) is 30.1 Å². The molecular formula is C16H22N4. The number of pyridine rings is 1. The zero-order valence-corrected chi connectivity index (χ0v) is 12.4. The average Bonchev–Trinajstić information content (AvgIpc) is 2.88. The summed E-state index contributed by atoms with van der Waals surface area (Å²) < 4.78 is 0. The minimum Gasteiger partial charge on any atom is -0.398 e. The number of aryl methyl sites for hydroxylation is 1. The van der Waals surface area contributed by atoms with Gasteiger partial charge in [-0.3, -0.25) is 4.98 Å². The van der Waals surface area contributed by atoms with Gasteiger partial charge in [-0.2, -0.15) is 0 Å². The fourth-order valence-electron chi connectivity index (χ4n) is 3.01. The average molecular weight is 270 g/mol. The van der Waals surface area contributed by atoms with Gasteiger partial charge in [-0.05, 0) is 45.6 Å². The molecule has 1 saturated heterocycles. The predicted octanol–water partition coefficient (Wildman–Crippen LogP) is 2.27. The van der Waals surface area contributed by atoms with E-state index < -0.39 is 0 Å². The van der Waals surface area contributed by atoms with Crippen LogP contribution in [0.25, 0.3) is 10.8 Å². The molecule has 106 valence electrons. The number of likely N-dealkylation sites (N-methyl/N-ethyl adjacent to an activating group) is 1. The lowest BCUT2D eigenvalue weighted by Crippen LogP contribution is -2.31. The molecule has 0 radical (unpaired) electrons. The Hall–Kier alpha value is -1.81. The van der Waals surface area contributed by atoms with Gasteiger partial charge in [0.1, 0.15) is 0 Å². The van der Waals surface area contributed by atoms with Gasteiger partial charge in [0.05, 0.1) is 0 Å². The summed E-state index contributed by atoms with van der Waals surface area (Å²) in [6.45, 7) is 4.20. The van der Waals surface area contributed by atoms with Gasteiger partial charge in [-0.1, -0.05) is 0 Å². The summed E-state index contributed by atoms with van der Waals surface area (Å²) >= 11 is 0. The zero-order valence-electron chi connectivity index (χ0n) is 12.4. The summed E-state index contributed by atoms with van der Waals surface area (Å²) in [6, 6.07) is 6.92. The maximum absolute atomic E-state index is 6.08. The van der Waals surface area contributed by atoms with Crippen LogP contribution >= 0.6 is 0 Å². The number of nitrogens with two attached hydrogens (primary N) is 1. The summed E-state index contributed by atoms with van der Waals surface area (Å²) in [7, 11) is 4.31. The number of hydrogen-bond donors (Lipinski definition) is 1. The molecule has 0 bridgehead atoms. The number of rotatable bonds is 2. The molecule has 0 spiro atoms. The third-order valence-corrected chi connectivity index (χ3v) is 4.28. The molecule has 1 aromatic heterocycles. The third-order valence-electron chi connectivity index (χ3n) is 4.28. The molecule has 20 heavy (non-hydrogen) atoms. The Kier molecular flexibility index (Phi) is 3.26. The van der Waals surface area contributed by atoms with Crippen molar-refractivity contribution in [2.75, 3.05) is 37.8 Å². The number of benzene rings is 1. The number of hydrogen-bond acceptors (Lipinski definition) is 4. The number of fused-ring (bicyclic) bond motifs is 1. The van der Waals surface area contributed by atoms with Gasteiger partial charge >= 0.3 is 0 Å². The number of anilines is 2. The highest BCUT2D eigenvalue weighted by molar-refractivity contribution is 6.01. The van der Waals surface area contributed by atoms with E-state index in [0.29, 0.717) is 6.04 Å². The second-order valence-electron chi connectivity index (χ2n) is 5.90. The van der Waals surface area contributed by atoms with Crippen LogP contribution in [0.1, 0.15) is 12.1 Å². The van der Waals surface area contributed by atoms with E-state index in [0.717, 1.165) is 29.9 Å². The number of nitrogen functional groups attached to an aromatic ring is 1. The second-order valence-corrected chi connectivity index (χ2v) is 5.90. The standard InChI is InChI=1S/C16H22N4/c1-11-8-13-14(9-18-11)15(17)4-5-16(13)20-7-6-12(10-20)19(2)3/h4-5,8-9,12H,6-7,10,17H2,1-3H3. The lowest BCUT2D eigenvalue weighted by atomic mass is 10.1. The minimum absolute atomic E-state index is 0.630. The Morgan fingerprint density at radius 3 is 2.80 bits per heavy atom. The highest BCUT2D eigenvalue weighted by Gasteiger charge is 2.25. The van der Waals surface area contributed by atoms with Gasteiger partial charge in [-0.25, -0.2) is 0 Å². The summed E-state index contributed by atoms with van der Waals surface area (Å²) in [6.07, 6.45) is 3.10. The maximum Gasteiger partial charge on any atom is 0.0449 e. The van der Waals surface area contributed by atoms with Crippen molar-refractivity contribution in [2.24, 2.45) is 0 Å². The molecular weight excluding hydrogens is 248 g/mol. The van der Waals surface area contributed by atoms with Gasteiger partial charge in [-0.15, -0.1) is 0 Å². The van der Waals surface area contributed by atoms with Crippen LogP contribution in [0.2, 0.25) is 0 Å². The van der Waals surface area contributed by atoms with E-state index in [1.54, 1.807) is 0 Å². The van der Waals surface area contributed by atoms with Gasteiger partial charge in [0.2, 0.25) is 0 Å². The molecule has 3 rings (SSSR count). The molecule has 1 aromatic carbocycles. The number of aromatic nitrogens is 1. The Labute approximate surface area is 120 Å². The van der Waals surface area contributed by atoms with E-state index in [9.17, 15) is 0 Å². The Bertz CT molecular complexity index is 636. The van der Waals surface area contributed by atoms with Crippen LogP contribution in [0.5, 0.6) is 0 Å². The molecule has 1 fully saturated rings. The Balaban J connectivity index is 2.04. The Morgan fingerprint density at radius 2 is 2.10 bits per heavy atom. The van der Waals surface area contributed by atoms with Crippen molar-refractivity contribution in [1.82, 2.24) is 9.88 Å². The lowest BCUT2D eigenvalue weighted by molar-refractivity contribution is 0.315. The van der Waals surface area contributed by atoms with Crippen LogP contribution in [-0.4, -0.2) is 43.1 Å². The van der Waals surface area contributed by atoms with E-state index in [1.165, 1.54) is 17.5 Å². The van der Waals surface area contributed by atoms with Crippen molar-refractivity contribution in [3.8, 4) is 0 Å². The predicted molar refractivity (Wildman–Crippen MR) is 85.2 cm³/mol. The largest absolute Gasteiger partial charge is 0.398 e. The van der Waals surface area contributed by atoms with Crippen molar-refractivity contribution >= 4 is 22.1 Å². The van der Waals surface area contributed by atoms with Crippen molar-refractivity contribution in [2.45, 2.75) is 19.4 Å². The summed E-state index contributed by atoms with van der Waals surface area (Å²) in [5.41, 5.74) is 9.20. The van der Waals surface area contributed by atoms with Crippen molar-refractivity contribution in [1.29, 1.82) is 0 Å². The summed E-state index contributed by atoms with van der Waals surface area (Å²) in [5.74, 6) is 0. The molecule has 0 amide bonds. The minimum atomic E-state index is 0.630. The molecule has 4 heteroatoms. The smallest absolute Gasteiger partial charge is 0.0449 e. The summed E-state index contributed by atoms with van der Waals surface area (Å²) in [5, 5.41) is 2.28. The molecule has 2 heterocycles. The molecule has 1 atom stereocenters. The Morgan fingerprint density at radius 1 is 1.30 bits per heavy atom.